The fourth-order valence-electron chi connectivity index (χ4n) is 1.69. The summed E-state index contributed by atoms with van der Waals surface area (Å²) >= 11 is 0. The van der Waals surface area contributed by atoms with Crippen LogP contribution in [-0.2, 0) is 0 Å². The molecule has 4 N–H and O–H groups in total. The summed E-state index contributed by atoms with van der Waals surface area (Å²) in [6.07, 6.45) is 0. The van der Waals surface area contributed by atoms with E-state index in [1.54, 1.807) is 18.2 Å². The molecule has 0 saturated heterocycles. The molecule has 5 nitrogen and oxygen atoms in total. The predicted octanol–water partition coefficient (Wildman–Crippen LogP) is 1.83. The fourth-order valence-corrected chi connectivity index (χ4v) is 1.69. The van der Waals surface area contributed by atoms with Crippen LogP contribution < -0.4 is 20.9 Å². The van der Waals surface area contributed by atoms with Crippen molar-refractivity contribution in [2.45, 2.75) is 0 Å². The van der Waals surface area contributed by atoms with Crippen LogP contribution >= 0.6 is 0 Å². The van der Waals surface area contributed by atoms with E-state index in [1.807, 2.05) is 30.3 Å². The van der Waals surface area contributed by atoms with Gasteiger partial charge in [0.15, 0.2) is 0 Å². The first-order valence-electron chi connectivity index (χ1n) is 6.17. The van der Waals surface area contributed by atoms with E-state index in [4.69, 9.17) is 20.9 Å². The van der Waals surface area contributed by atoms with Gasteiger partial charge in [-0.05, 0) is 24.3 Å². The number of rotatable bonds is 6. The molecule has 0 spiro atoms. The van der Waals surface area contributed by atoms with E-state index in [0.717, 1.165) is 5.75 Å². The molecule has 0 unspecified atom stereocenters. The van der Waals surface area contributed by atoms with E-state index in [-0.39, 0.29) is 0 Å². The van der Waals surface area contributed by atoms with Gasteiger partial charge in [0.2, 0.25) is 0 Å². The number of hydrogen-bond acceptors (Lipinski definition) is 4. The largest absolute Gasteiger partial charge is 0.490 e. The lowest BCUT2D eigenvalue weighted by molar-refractivity contribution is 0.0995. The Morgan fingerprint density at radius 1 is 1.00 bits per heavy atom. The highest BCUT2D eigenvalue weighted by Crippen LogP contribution is 2.21. The van der Waals surface area contributed by atoms with Crippen molar-refractivity contribution in [3.05, 3.63) is 54.1 Å². The number of para-hydroxylation sites is 1. The van der Waals surface area contributed by atoms with Crippen molar-refractivity contribution in [1.82, 2.24) is 0 Å². The van der Waals surface area contributed by atoms with Gasteiger partial charge in [-0.25, -0.2) is 0 Å². The van der Waals surface area contributed by atoms with E-state index in [2.05, 4.69) is 0 Å². The molecular weight excluding hydrogens is 256 g/mol. The lowest BCUT2D eigenvalue weighted by Gasteiger charge is -2.11. The van der Waals surface area contributed by atoms with Gasteiger partial charge in [0, 0.05) is 11.8 Å². The highest BCUT2D eigenvalue weighted by molar-refractivity contribution is 5.96. The molecule has 20 heavy (non-hydrogen) atoms. The third-order valence-corrected chi connectivity index (χ3v) is 2.62. The molecule has 0 atom stereocenters. The molecule has 2 aromatic carbocycles. The molecule has 5 heteroatoms. The quantitative estimate of drug-likeness (QED) is 0.620. The maximum Gasteiger partial charge on any atom is 0.252 e. The van der Waals surface area contributed by atoms with Gasteiger partial charge < -0.3 is 20.9 Å². The predicted molar refractivity (Wildman–Crippen MR) is 76.8 cm³/mol. The zero-order chi connectivity index (χ0) is 14.4. The molecule has 0 saturated carbocycles. The Balaban J connectivity index is 1.91. The molecule has 0 aliphatic rings. The van der Waals surface area contributed by atoms with Crippen molar-refractivity contribution in [1.29, 1.82) is 0 Å². The van der Waals surface area contributed by atoms with Crippen LogP contribution in [0.25, 0.3) is 0 Å². The first-order valence-corrected chi connectivity index (χ1v) is 6.17. The number of hydrogen-bond donors (Lipinski definition) is 2. The van der Waals surface area contributed by atoms with Crippen molar-refractivity contribution >= 4 is 11.6 Å². The number of carbonyl (C=O) groups excluding carboxylic acids is 1. The van der Waals surface area contributed by atoms with Gasteiger partial charge >= 0.3 is 0 Å². The number of ether oxygens (including phenoxy) is 2. The molecule has 1 amide bonds. The van der Waals surface area contributed by atoms with Crippen molar-refractivity contribution in [2.24, 2.45) is 5.73 Å². The van der Waals surface area contributed by atoms with Crippen LogP contribution in [0, 0.1) is 0 Å². The SMILES string of the molecule is NC(=O)c1ccc(N)cc1OCCOc1ccccc1. The zero-order valence-electron chi connectivity index (χ0n) is 10.9. The molecule has 2 rings (SSSR count). The summed E-state index contributed by atoms with van der Waals surface area (Å²) in [5, 5.41) is 0. The van der Waals surface area contributed by atoms with Gasteiger partial charge in [-0.3, -0.25) is 4.79 Å². The molecule has 104 valence electrons. The molecule has 0 bridgehead atoms. The Kier molecular flexibility index (Phi) is 4.44. The first-order chi connectivity index (χ1) is 9.66. The molecule has 0 radical (unpaired) electrons. The fraction of sp³-hybridized carbons (Fsp3) is 0.133. The summed E-state index contributed by atoms with van der Waals surface area (Å²) in [6.45, 7) is 0.648. The Bertz CT molecular complexity index is 585. The molecule has 2 aromatic rings. The van der Waals surface area contributed by atoms with Crippen LogP contribution in [0.5, 0.6) is 11.5 Å². The summed E-state index contributed by atoms with van der Waals surface area (Å²) in [6, 6.07) is 14.1. The molecule has 0 aromatic heterocycles. The van der Waals surface area contributed by atoms with Gasteiger partial charge in [-0.15, -0.1) is 0 Å². The number of nitrogen functional groups attached to an aromatic ring is 1. The maximum atomic E-state index is 11.3. The third-order valence-electron chi connectivity index (χ3n) is 2.62. The minimum absolute atomic E-state index is 0.290. The minimum atomic E-state index is -0.552. The summed E-state index contributed by atoms with van der Waals surface area (Å²) < 4.78 is 11.0. The average molecular weight is 272 g/mol. The Hall–Kier alpha value is -2.69. The molecule has 0 heterocycles. The number of amides is 1. The maximum absolute atomic E-state index is 11.3. The summed E-state index contributed by atoms with van der Waals surface area (Å²) in [4.78, 5) is 11.3. The van der Waals surface area contributed by atoms with E-state index >= 15 is 0 Å². The van der Waals surface area contributed by atoms with Gasteiger partial charge in [0.1, 0.15) is 24.7 Å². The molecule has 0 fully saturated rings. The third kappa shape index (κ3) is 3.65. The van der Waals surface area contributed by atoms with Crippen LogP contribution in [0.2, 0.25) is 0 Å². The normalized spacial score (nSPS) is 10.0. The van der Waals surface area contributed by atoms with Crippen LogP contribution in [0.4, 0.5) is 5.69 Å². The smallest absolute Gasteiger partial charge is 0.252 e. The summed E-state index contributed by atoms with van der Waals surface area (Å²) in [5.74, 6) is 0.580. The standard InChI is InChI=1S/C15H16N2O3/c16-11-6-7-13(15(17)18)14(10-11)20-9-8-19-12-4-2-1-3-5-12/h1-7,10H,8-9,16H2,(H2,17,18). The number of benzene rings is 2. The van der Waals surface area contributed by atoms with Gasteiger partial charge in [-0.1, -0.05) is 18.2 Å². The van der Waals surface area contributed by atoms with E-state index in [0.29, 0.717) is 30.2 Å². The van der Waals surface area contributed by atoms with Crippen LogP contribution in [0.1, 0.15) is 10.4 Å². The molecule has 0 aliphatic carbocycles. The van der Waals surface area contributed by atoms with Crippen molar-refractivity contribution in [3.63, 3.8) is 0 Å². The first kappa shape index (κ1) is 13.7. The second kappa shape index (κ2) is 6.47. The van der Waals surface area contributed by atoms with Gasteiger partial charge in [0.05, 0.1) is 5.56 Å². The summed E-state index contributed by atoms with van der Waals surface area (Å²) in [7, 11) is 0. The van der Waals surface area contributed by atoms with Crippen LogP contribution in [0.3, 0.4) is 0 Å². The topological polar surface area (TPSA) is 87.6 Å². The lowest BCUT2D eigenvalue weighted by Crippen LogP contribution is -2.15. The highest BCUT2D eigenvalue weighted by atomic mass is 16.5. The van der Waals surface area contributed by atoms with Crippen LogP contribution in [0.15, 0.2) is 48.5 Å². The van der Waals surface area contributed by atoms with Crippen molar-refractivity contribution in [3.8, 4) is 11.5 Å². The molecule has 0 aliphatic heterocycles. The van der Waals surface area contributed by atoms with Crippen LogP contribution in [-0.4, -0.2) is 19.1 Å². The number of anilines is 1. The number of carbonyl (C=O) groups is 1. The average Bonchev–Trinajstić information content (AvgIpc) is 2.44. The second-order valence-electron chi connectivity index (χ2n) is 4.13. The second-order valence-corrected chi connectivity index (χ2v) is 4.13. The van der Waals surface area contributed by atoms with E-state index in [9.17, 15) is 4.79 Å². The minimum Gasteiger partial charge on any atom is -0.490 e. The van der Waals surface area contributed by atoms with Gasteiger partial charge in [-0.2, -0.15) is 0 Å². The Morgan fingerprint density at radius 2 is 1.70 bits per heavy atom. The van der Waals surface area contributed by atoms with E-state index < -0.39 is 5.91 Å². The zero-order valence-corrected chi connectivity index (χ0v) is 10.9. The Labute approximate surface area is 117 Å². The summed E-state index contributed by atoms with van der Waals surface area (Å²) in [5.41, 5.74) is 11.7. The number of nitrogens with two attached hydrogens (primary N) is 2. The van der Waals surface area contributed by atoms with E-state index in [1.165, 1.54) is 0 Å². The number of primary amides is 1. The monoisotopic (exact) mass is 272 g/mol. The lowest BCUT2D eigenvalue weighted by atomic mass is 10.2. The van der Waals surface area contributed by atoms with Crippen molar-refractivity contribution < 1.29 is 14.3 Å². The van der Waals surface area contributed by atoms with Crippen molar-refractivity contribution in [2.75, 3.05) is 18.9 Å². The van der Waals surface area contributed by atoms with Gasteiger partial charge in [0.25, 0.3) is 5.91 Å². The highest BCUT2D eigenvalue weighted by Gasteiger charge is 2.09. The Morgan fingerprint density at radius 3 is 2.40 bits per heavy atom. The molecular formula is C15H16N2O3.